The summed E-state index contributed by atoms with van der Waals surface area (Å²) in [7, 11) is 0. The summed E-state index contributed by atoms with van der Waals surface area (Å²) in [5, 5.41) is 3.54. The highest BCUT2D eigenvalue weighted by molar-refractivity contribution is 5.85. The fraction of sp³-hybridized carbons (Fsp3) is 0.222. The molecule has 0 bridgehead atoms. The van der Waals surface area contributed by atoms with Crippen molar-refractivity contribution < 1.29 is 4.39 Å². The minimum atomic E-state index is -0.171. The minimum Gasteiger partial charge on any atom is -0.309 e. The lowest BCUT2D eigenvalue weighted by molar-refractivity contribution is 0.531. The summed E-state index contributed by atoms with van der Waals surface area (Å²) in [5.74, 6) is -0.171. The number of nitrogens with one attached hydrogen (secondary N) is 1. The van der Waals surface area contributed by atoms with E-state index in [4.69, 9.17) is 0 Å². The average Bonchev–Trinajstić information content (AvgIpc) is 2.49. The standard InChI is InChI=1S/C18H18FN.ClH/c19-17-8-4-7-15(12-17)16-9-10-18(20-13-16)11-14-5-2-1-3-6-14;/h1-9,12,18,20H,10-11,13H2;1H. The van der Waals surface area contributed by atoms with Crippen LogP contribution in [0.15, 0.2) is 60.7 Å². The maximum atomic E-state index is 13.2. The van der Waals surface area contributed by atoms with E-state index in [1.54, 1.807) is 12.1 Å². The highest BCUT2D eigenvalue weighted by atomic mass is 35.5. The Kier molecular flexibility index (Phi) is 5.54. The first-order valence-electron chi connectivity index (χ1n) is 7.03. The van der Waals surface area contributed by atoms with Crippen LogP contribution in [0.1, 0.15) is 17.5 Å². The Bertz CT molecular complexity index is 610. The Balaban J connectivity index is 0.00000161. The third-order valence-electron chi connectivity index (χ3n) is 3.75. The lowest BCUT2D eigenvalue weighted by atomic mass is 9.95. The molecule has 0 amide bonds. The van der Waals surface area contributed by atoms with E-state index < -0.39 is 0 Å². The van der Waals surface area contributed by atoms with Crippen molar-refractivity contribution >= 4 is 18.0 Å². The molecule has 0 spiro atoms. The van der Waals surface area contributed by atoms with E-state index in [1.807, 2.05) is 12.1 Å². The number of halogens is 2. The molecule has 0 saturated carbocycles. The van der Waals surface area contributed by atoms with Crippen LogP contribution in [0.2, 0.25) is 0 Å². The molecule has 110 valence electrons. The molecule has 0 saturated heterocycles. The maximum absolute atomic E-state index is 13.2. The summed E-state index contributed by atoms with van der Waals surface area (Å²) in [4.78, 5) is 0. The summed E-state index contributed by atoms with van der Waals surface area (Å²) in [6.07, 6.45) is 4.26. The molecule has 0 aromatic heterocycles. The van der Waals surface area contributed by atoms with Crippen LogP contribution in [-0.2, 0) is 6.42 Å². The van der Waals surface area contributed by atoms with E-state index >= 15 is 0 Å². The Hall–Kier alpha value is -1.64. The molecule has 2 aromatic rings. The molecule has 1 aliphatic rings. The zero-order valence-corrected chi connectivity index (χ0v) is 12.6. The number of hydrogen-bond donors (Lipinski definition) is 1. The van der Waals surface area contributed by atoms with Gasteiger partial charge in [0.05, 0.1) is 0 Å². The van der Waals surface area contributed by atoms with Crippen molar-refractivity contribution in [3.8, 4) is 0 Å². The van der Waals surface area contributed by atoms with Gasteiger partial charge in [-0.05, 0) is 41.7 Å². The highest BCUT2D eigenvalue weighted by Crippen LogP contribution is 2.20. The van der Waals surface area contributed by atoms with E-state index in [2.05, 4.69) is 35.7 Å². The topological polar surface area (TPSA) is 12.0 Å². The molecular formula is C18H19ClFN. The SMILES string of the molecule is Cl.Fc1cccc(C2=CCC(Cc3ccccc3)NC2)c1. The first-order chi connectivity index (χ1) is 9.81. The van der Waals surface area contributed by atoms with Gasteiger partial charge in [0.25, 0.3) is 0 Å². The van der Waals surface area contributed by atoms with Crippen molar-refractivity contribution in [1.29, 1.82) is 0 Å². The van der Waals surface area contributed by atoms with Crippen LogP contribution in [0.4, 0.5) is 4.39 Å². The van der Waals surface area contributed by atoms with Gasteiger partial charge >= 0.3 is 0 Å². The number of benzene rings is 2. The van der Waals surface area contributed by atoms with Crippen molar-refractivity contribution in [2.75, 3.05) is 6.54 Å². The zero-order valence-electron chi connectivity index (χ0n) is 11.8. The van der Waals surface area contributed by atoms with E-state index in [9.17, 15) is 4.39 Å². The van der Waals surface area contributed by atoms with Gasteiger partial charge in [-0.15, -0.1) is 12.4 Å². The summed E-state index contributed by atoms with van der Waals surface area (Å²) >= 11 is 0. The van der Waals surface area contributed by atoms with Crippen molar-refractivity contribution in [3.63, 3.8) is 0 Å². The second-order valence-corrected chi connectivity index (χ2v) is 5.24. The second-order valence-electron chi connectivity index (χ2n) is 5.24. The molecule has 3 rings (SSSR count). The largest absolute Gasteiger partial charge is 0.309 e. The number of rotatable bonds is 3. The molecule has 2 aromatic carbocycles. The first-order valence-corrected chi connectivity index (χ1v) is 7.03. The molecule has 1 unspecified atom stereocenters. The Morgan fingerprint density at radius 3 is 2.52 bits per heavy atom. The van der Waals surface area contributed by atoms with Crippen LogP contribution in [0.25, 0.3) is 5.57 Å². The van der Waals surface area contributed by atoms with Crippen molar-refractivity contribution in [3.05, 3.63) is 77.6 Å². The summed E-state index contributed by atoms with van der Waals surface area (Å²) in [5.41, 5.74) is 3.53. The highest BCUT2D eigenvalue weighted by Gasteiger charge is 2.15. The monoisotopic (exact) mass is 303 g/mol. The van der Waals surface area contributed by atoms with E-state index in [-0.39, 0.29) is 18.2 Å². The van der Waals surface area contributed by atoms with E-state index in [0.29, 0.717) is 6.04 Å². The molecule has 1 N–H and O–H groups in total. The lowest BCUT2D eigenvalue weighted by Crippen LogP contribution is -2.35. The predicted octanol–water partition coefficient (Wildman–Crippen LogP) is 4.24. The average molecular weight is 304 g/mol. The molecule has 1 nitrogen and oxygen atoms in total. The number of hydrogen-bond acceptors (Lipinski definition) is 1. The molecule has 1 heterocycles. The zero-order chi connectivity index (χ0) is 13.8. The van der Waals surface area contributed by atoms with Crippen LogP contribution < -0.4 is 5.32 Å². The fourth-order valence-electron chi connectivity index (χ4n) is 2.66. The van der Waals surface area contributed by atoms with Crippen LogP contribution in [0.3, 0.4) is 0 Å². The van der Waals surface area contributed by atoms with Gasteiger partial charge in [0.1, 0.15) is 5.82 Å². The van der Waals surface area contributed by atoms with Crippen LogP contribution in [-0.4, -0.2) is 12.6 Å². The smallest absolute Gasteiger partial charge is 0.123 e. The first kappa shape index (κ1) is 15.7. The van der Waals surface area contributed by atoms with Crippen molar-refractivity contribution in [1.82, 2.24) is 5.32 Å². The van der Waals surface area contributed by atoms with Gasteiger partial charge < -0.3 is 5.32 Å². The fourth-order valence-corrected chi connectivity index (χ4v) is 2.66. The molecule has 0 aliphatic carbocycles. The summed E-state index contributed by atoms with van der Waals surface area (Å²) in [6, 6.07) is 17.8. The third kappa shape index (κ3) is 4.16. The molecule has 1 atom stereocenters. The van der Waals surface area contributed by atoms with Crippen molar-refractivity contribution in [2.45, 2.75) is 18.9 Å². The van der Waals surface area contributed by atoms with Gasteiger partial charge in [-0.2, -0.15) is 0 Å². The van der Waals surface area contributed by atoms with Crippen LogP contribution in [0, 0.1) is 5.82 Å². The second kappa shape index (κ2) is 7.39. The minimum absolute atomic E-state index is 0. The predicted molar refractivity (Wildman–Crippen MR) is 88.2 cm³/mol. The molecule has 3 heteroatoms. The molecular weight excluding hydrogens is 285 g/mol. The molecule has 0 radical (unpaired) electrons. The van der Waals surface area contributed by atoms with Gasteiger partial charge in [-0.1, -0.05) is 48.5 Å². The summed E-state index contributed by atoms with van der Waals surface area (Å²) < 4.78 is 13.2. The van der Waals surface area contributed by atoms with E-state index in [0.717, 1.165) is 24.9 Å². The Labute approximate surface area is 131 Å². The van der Waals surface area contributed by atoms with Gasteiger partial charge in [0, 0.05) is 12.6 Å². The van der Waals surface area contributed by atoms with E-state index in [1.165, 1.54) is 17.2 Å². The maximum Gasteiger partial charge on any atom is 0.123 e. The van der Waals surface area contributed by atoms with Crippen LogP contribution >= 0.6 is 12.4 Å². The third-order valence-corrected chi connectivity index (χ3v) is 3.75. The van der Waals surface area contributed by atoms with Gasteiger partial charge in [0.2, 0.25) is 0 Å². The summed E-state index contributed by atoms with van der Waals surface area (Å²) in [6.45, 7) is 0.807. The molecule has 21 heavy (non-hydrogen) atoms. The quantitative estimate of drug-likeness (QED) is 0.894. The van der Waals surface area contributed by atoms with Gasteiger partial charge in [0.15, 0.2) is 0 Å². The normalized spacial score (nSPS) is 17.8. The molecule has 0 fully saturated rings. The van der Waals surface area contributed by atoms with Gasteiger partial charge in [-0.25, -0.2) is 4.39 Å². The lowest BCUT2D eigenvalue weighted by Gasteiger charge is -2.24. The van der Waals surface area contributed by atoms with Gasteiger partial charge in [-0.3, -0.25) is 0 Å². The molecule has 1 aliphatic heterocycles. The Morgan fingerprint density at radius 2 is 1.86 bits per heavy atom. The Morgan fingerprint density at radius 1 is 1.05 bits per heavy atom. The van der Waals surface area contributed by atoms with Crippen molar-refractivity contribution in [2.24, 2.45) is 0 Å². The van der Waals surface area contributed by atoms with Crippen LogP contribution in [0.5, 0.6) is 0 Å².